The second kappa shape index (κ2) is 6.16. The van der Waals surface area contributed by atoms with Gasteiger partial charge in [0, 0.05) is 32.9 Å². The standard InChI is InChI=1S/C17H18N2O4/c1-18-11-13(4-6-16(18)20)17(21)19(2)10-12-3-5-14-15(9-12)23-8-7-22-14/h3-6,9,11H,7-8,10H2,1-2H3. The Balaban J connectivity index is 1.75. The van der Waals surface area contributed by atoms with Gasteiger partial charge in [-0.3, -0.25) is 9.59 Å². The minimum atomic E-state index is -0.143. The number of aryl methyl sites for hydroxylation is 1. The SMILES string of the molecule is CN(Cc1ccc2c(c1)OCCO2)C(=O)c1ccc(=O)n(C)c1. The largest absolute Gasteiger partial charge is 0.486 e. The molecule has 0 unspecified atom stereocenters. The summed E-state index contributed by atoms with van der Waals surface area (Å²) < 4.78 is 12.4. The summed E-state index contributed by atoms with van der Waals surface area (Å²) >= 11 is 0. The number of benzene rings is 1. The van der Waals surface area contributed by atoms with Gasteiger partial charge in [0.25, 0.3) is 5.91 Å². The van der Waals surface area contributed by atoms with Gasteiger partial charge >= 0.3 is 0 Å². The van der Waals surface area contributed by atoms with Crippen molar-refractivity contribution in [2.75, 3.05) is 20.3 Å². The van der Waals surface area contributed by atoms with Gasteiger partial charge in [-0.1, -0.05) is 6.07 Å². The lowest BCUT2D eigenvalue weighted by molar-refractivity contribution is 0.0784. The van der Waals surface area contributed by atoms with Crippen molar-refractivity contribution in [3.8, 4) is 11.5 Å². The van der Waals surface area contributed by atoms with E-state index in [1.165, 1.54) is 10.6 Å². The van der Waals surface area contributed by atoms with E-state index in [9.17, 15) is 9.59 Å². The molecular weight excluding hydrogens is 296 g/mol. The maximum Gasteiger partial charge on any atom is 0.255 e. The van der Waals surface area contributed by atoms with Crippen LogP contribution in [-0.4, -0.2) is 35.6 Å². The highest BCUT2D eigenvalue weighted by Crippen LogP contribution is 2.31. The Morgan fingerprint density at radius 3 is 2.65 bits per heavy atom. The number of rotatable bonds is 3. The van der Waals surface area contributed by atoms with Crippen LogP contribution in [0.3, 0.4) is 0 Å². The molecule has 0 N–H and O–H groups in total. The fraction of sp³-hybridized carbons (Fsp3) is 0.294. The van der Waals surface area contributed by atoms with Gasteiger partial charge in [0.2, 0.25) is 5.56 Å². The molecule has 23 heavy (non-hydrogen) atoms. The normalized spacial score (nSPS) is 12.8. The summed E-state index contributed by atoms with van der Waals surface area (Å²) in [5.74, 6) is 1.29. The molecule has 1 aromatic heterocycles. The minimum Gasteiger partial charge on any atom is -0.486 e. The Labute approximate surface area is 133 Å². The molecule has 1 amide bonds. The van der Waals surface area contributed by atoms with Gasteiger partial charge in [0.05, 0.1) is 5.56 Å². The fourth-order valence-corrected chi connectivity index (χ4v) is 2.47. The Morgan fingerprint density at radius 2 is 1.91 bits per heavy atom. The van der Waals surface area contributed by atoms with Crippen LogP contribution in [0.5, 0.6) is 11.5 Å². The molecule has 0 saturated carbocycles. The highest BCUT2D eigenvalue weighted by atomic mass is 16.6. The number of fused-ring (bicyclic) bond motifs is 1. The zero-order valence-electron chi connectivity index (χ0n) is 13.1. The van der Waals surface area contributed by atoms with E-state index in [-0.39, 0.29) is 11.5 Å². The van der Waals surface area contributed by atoms with Gasteiger partial charge in [-0.05, 0) is 23.8 Å². The average Bonchev–Trinajstić information content (AvgIpc) is 2.56. The predicted molar refractivity (Wildman–Crippen MR) is 84.9 cm³/mol. The number of carbonyl (C=O) groups excluding carboxylic acids is 1. The van der Waals surface area contributed by atoms with E-state index in [1.54, 1.807) is 31.3 Å². The van der Waals surface area contributed by atoms with Gasteiger partial charge in [-0.25, -0.2) is 0 Å². The van der Waals surface area contributed by atoms with Gasteiger partial charge in [0.15, 0.2) is 11.5 Å². The molecular formula is C17H18N2O4. The molecule has 1 aliphatic rings. The summed E-state index contributed by atoms with van der Waals surface area (Å²) in [6, 6.07) is 8.60. The molecule has 2 heterocycles. The second-order valence-electron chi connectivity index (χ2n) is 5.51. The number of ether oxygens (including phenoxy) is 2. The predicted octanol–water partition coefficient (Wildman–Crippen LogP) is 1.43. The molecule has 0 fully saturated rings. The van der Waals surface area contributed by atoms with Crippen molar-refractivity contribution < 1.29 is 14.3 Å². The maximum absolute atomic E-state index is 12.5. The van der Waals surface area contributed by atoms with Crippen LogP contribution in [0.1, 0.15) is 15.9 Å². The summed E-state index contributed by atoms with van der Waals surface area (Å²) in [6.07, 6.45) is 1.55. The van der Waals surface area contributed by atoms with Crippen LogP contribution in [0.15, 0.2) is 41.3 Å². The van der Waals surface area contributed by atoms with Crippen molar-refractivity contribution in [1.29, 1.82) is 0 Å². The molecule has 2 aromatic rings. The Bertz CT molecular complexity index is 797. The van der Waals surface area contributed by atoms with E-state index < -0.39 is 0 Å². The van der Waals surface area contributed by atoms with E-state index in [0.29, 0.717) is 31.1 Å². The minimum absolute atomic E-state index is 0.143. The van der Waals surface area contributed by atoms with Crippen molar-refractivity contribution in [3.63, 3.8) is 0 Å². The first-order chi connectivity index (χ1) is 11.0. The van der Waals surface area contributed by atoms with Crippen molar-refractivity contribution in [2.45, 2.75) is 6.54 Å². The molecule has 1 aromatic carbocycles. The molecule has 3 rings (SSSR count). The topological polar surface area (TPSA) is 60.8 Å². The zero-order chi connectivity index (χ0) is 16.4. The van der Waals surface area contributed by atoms with Crippen LogP contribution in [0.2, 0.25) is 0 Å². The number of pyridine rings is 1. The smallest absolute Gasteiger partial charge is 0.255 e. The van der Waals surface area contributed by atoms with Crippen molar-refractivity contribution in [2.24, 2.45) is 7.05 Å². The summed E-state index contributed by atoms with van der Waals surface area (Å²) in [4.78, 5) is 25.5. The van der Waals surface area contributed by atoms with Gasteiger partial charge in [-0.15, -0.1) is 0 Å². The highest BCUT2D eigenvalue weighted by molar-refractivity contribution is 5.93. The number of carbonyl (C=O) groups is 1. The fourth-order valence-electron chi connectivity index (χ4n) is 2.47. The lowest BCUT2D eigenvalue weighted by Gasteiger charge is -2.21. The van der Waals surface area contributed by atoms with Crippen molar-refractivity contribution >= 4 is 5.91 Å². The molecule has 0 radical (unpaired) electrons. The molecule has 6 nitrogen and oxygen atoms in total. The number of aromatic nitrogens is 1. The molecule has 120 valence electrons. The van der Waals surface area contributed by atoms with Crippen LogP contribution in [0, 0.1) is 0 Å². The summed E-state index contributed by atoms with van der Waals surface area (Å²) in [6.45, 7) is 1.53. The summed E-state index contributed by atoms with van der Waals surface area (Å²) in [5, 5.41) is 0. The van der Waals surface area contributed by atoms with Crippen LogP contribution in [0.25, 0.3) is 0 Å². The summed E-state index contributed by atoms with van der Waals surface area (Å²) in [7, 11) is 3.35. The molecule has 0 atom stereocenters. The number of hydrogen-bond donors (Lipinski definition) is 0. The van der Waals surface area contributed by atoms with E-state index in [1.807, 2.05) is 18.2 Å². The van der Waals surface area contributed by atoms with Crippen LogP contribution >= 0.6 is 0 Å². The lowest BCUT2D eigenvalue weighted by Crippen LogP contribution is -2.28. The molecule has 6 heteroatoms. The van der Waals surface area contributed by atoms with Crippen molar-refractivity contribution in [1.82, 2.24) is 9.47 Å². The summed E-state index contributed by atoms with van der Waals surface area (Å²) in [5.41, 5.74) is 1.29. The van der Waals surface area contributed by atoms with E-state index in [2.05, 4.69) is 0 Å². The van der Waals surface area contributed by atoms with E-state index in [4.69, 9.17) is 9.47 Å². The highest BCUT2D eigenvalue weighted by Gasteiger charge is 2.16. The molecule has 0 saturated heterocycles. The number of amides is 1. The third-order valence-corrected chi connectivity index (χ3v) is 3.71. The molecule has 1 aliphatic heterocycles. The first kappa shape index (κ1) is 15.1. The third kappa shape index (κ3) is 3.21. The van der Waals surface area contributed by atoms with Crippen LogP contribution in [0.4, 0.5) is 0 Å². The third-order valence-electron chi connectivity index (χ3n) is 3.71. The zero-order valence-corrected chi connectivity index (χ0v) is 13.1. The van der Waals surface area contributed by atoms with Gasteiger partial charge in [-0.2, -0.15) is 0 Å². The Kier molecular flexibility index (Phi) is 4.06. The molecule has 0 spiro atoms. The van der Waals surface area contributed by atoms with Crippen LogP contribution < -0.4 is 15.0 Å². The Morgan fingerprint density at radius 1 is 1.17 bits per heavy atom. The number of hydrogen-bond acceptors (Lipinski definition) is 4. The molecule has 0 bridgehead atoms. The van der Waals surface area contributed by atoms with Gasteiger partial charge < -0.3 is 18.9 Å². The maximum atomic E-state index is 12.5. The quantitative estimate of drug-likeness (QED) is 0.860. The molecule has 0 aliphatic carbocycles. The van der Waals surface area contributed by atoms with E-state index >= 15 is 0 Å². The second-order valence-corrected chi connectivity index (χ2v) is 5.51. The average molecular weight is 314 g/mol. The lowest BCUT2D eigenvalue weighted by atomic mass is 10.1. The first-order valence-electron chi connectivity index (χ1n) is 7.35. The van der Waals surface area contributed by atoms with E-state index in [0.717, 1.165) is 11.3 Å². The Hall–Kier alpha value is -2.76. The first-order valence-corrected chi connectivity index (χ1v) is 7.35. The number of nitrogens with zero attached hydrogens (tertiary/aromatic N) is 2. The van der Waals surface area contributed by atoms with Crippen LogP contribution in [-0.2, 0) is 13.6 Å². The van der Waals surface area contributed by atoms with Crippen molar-refractivity contribution in [3.05, 3.63) is 58.0 Å². The van der Waals surface area contributed by atoms with Gasteiger partial charge in [0.1, 0.15) is 13.2 Å². The monoisotopic (exact) mass is 314 g/mol.